The van der Waals surface area contributed by atoms with Crippen molar-refractivity contribution in [3.63, 3.8) is 0 Å². The first-order chi connectivity index (χ1) is 11.9. The maximum Gasteiger partial charge on any atom is 0.337 e. The van der Waals surface area contributed by atoms with E-state index in [9.17, 15) is 9.59 Å². The monoisotopic (exact) mass is 362 g/mol. The van der Waals surface area contributed by atoms with Gasteiger partial charge in [0.15, 0.2) is 0 Å². The van der Waals surface area contributed by atoms with Gasteiger partial charge in [0.05, 0.1) is 42.7 Å². The van der Waals surface area contributed by atoms with Gasteiger partial charge in [0, 0.05) is 0 Å². The summed E-state index contributed by atoms with van der Waals surface area (Å²) in [5.74, 6) is -0.179. The number of hydrogen-bond donors (Lipinski definition) is 2. The Bertz CT molecular complexity index is 793. The van der Waals surface area contributed by atoms with E-state index in [-0.39, 0.29) is 12.5 Å². The molecule has 0 bridgehead atoms. The first-order valence-electron chi connectivity index (χ1n) is 7.51. The van der Waals surface area contributed by atoms with Gasteiger partial charge < -0.3 is 20.1 Å². The maximum absolute atomic E-state index is 12.2. The lowest BCUT2D eigenvalue weighted by Gasteiger charge is -2.13. The van der Waals surface area contributed by atoms with Crippen molar-refractivity contribution in [2.24, 2.45) is 0 Å². The molecule has 0 unspecified atom stereocenters. The quantitative estimate of drug-likeness (QED) is 0.769. The molecular formula is C18H19ClN2O4. The molecule has 0 aliphatic carbocycles. The topological polar surface area (TPSA) is 76.7 Å². The van der Waals surface area contributed by atoms with Crippen LogP contribution in [0.2, 0.25) is 5.02 Å². The van der Waals surface area contributed by atoms with Crippen LogP contribution in [0.5, 0.6) is 5.75 Å². The van der Waals surface area contributed by atoms with Crippen LogP contribution in [-0.2, 0) is 9.53 Å². The van der Waals surface area contributed by atoms with Gasteiger partial charge in [-0.1, -0.05) is 17.7 Å². The van der Waals surface area contributed by atoms with Gasteiger partial charge in [0.25, 0.3) is 0 Å². The van der Waals surface area contributed by atoms with Crippen LogP contribution in [0.1, 0.15) is 15.9 Å². The van der Waals surface area contributed by atoms with Crippen molar-refractivity contribution in [1.29, 1.82) is 0 Å². The molecule has 0 radical (unpaired) electrons. The van der Waals surface area contributed by atoms with Gasteiger partial charge in [-0.25, -0.2) is 4.79 Å². The highest BCUT2D eigenvalue weighted by atomic mass is 35.5. The minimum absolute atomic E-state index is 0.0263. The van der Waals surface area contributed by atoms with Crippen molar-refractivity contribution < 1.29 is 19.1 Å². The highest BCUT2D eigenvalue weighted by Crippen LogP contribution is 2.26. The Kier molecular flexibility index (Phi) is 6.25. The van der Waals surface area contributed by atoms with Gasteiger partial charge in [-0.15, -0.1) is 0 Å². The highest BCUT2D eigenvalue weighted by molar-refractivity contribution is 6.33. The van der Waals surface area contributed by atoms with E-state index in [4.69, 9.17) is 16.3 Å². The van der Waals surface area contributed by atoms with Crippen LogP contribution in [0.4, 0.5) is 11.4 Å². The number of halogens is 1. The number of amides is 1. The third-order valence-electron chi connectivity index (χ3n) is 3.46. The third-order valence-corrected chi connectivity index (χ3v) is 3.79. The van der Waals surface area contributed by atoms with E-state index in [1.807, 2.05) is 19.1 Å². The number of carbonyl (C=O) groups excluding carboxylic acids is 2. The first kappa shape index (κ1) is 18.6. The normalized spacial score (nSPS) is 10.1. The van der Waals surface area contributed by atoms with E-state index in [0.29, 0.717) is 27.7 Å². The van der Waals surface area contributed by atoms with Crippen molar-refractivity contribution in [3.8, 4) is 5.75 Å². The molecule has 0 saturated carbocycles. The molecule has 0 atom stereocenters. The molecule has 0 spiro atoms. The molecule has 1 amide bonds. The number of benzene rings is 2. The number of rotatable bonds is 6. The number of aryl methyl sites for hydroxylation is 1. The van der Waals surface area contributed by atoms with Crippen molar-refractivity contribution in [3.05, 3.63) is 52.5 Å². The predicted octanol–water partition coefficient (Wildman–Crippen LogP) is 3.49. The van der Waals surface area contributed by atoms with Crippen molar-refractivity contribution in [1.82, 2.24) is 0 Å². The molecule has 0 aliphatic heterocycles. The number of carbonyl (C=O) groups is 2. The number of esters is 1. The van der Waals surface area contributed by atoms with E-state index in [1.54, 1.807) is 18.2 Å². The van der Waals surface area contributed by atoms with Crippen LogP contribution < -0.4 is 15.4 Å². The summed E-state index contributed by atoms with van der Waals surface area (Å²) in [6.07, 6.45) is 0. The summed E-state index contributed by atoms with van der Waals surface area (Å²) in [7, 11) is 2.84. The number of nitrogens with one attached hydrogen (secondary N) is 2. The highest BCUT2D eigenvalue weighted by Gasteiger charge is 2.11. The van der Waals surface area contributed by atoms with Gasteiger partial charge in [-0.2, -0.15) is 0 Å². The number of ether oxygens (including phenoxy) is 2. The SMILES string of the molecule is COC(=O)c1ccc(Cl)c(NCC(=O)Nc2cc(C)ccc2OC)c1. The number of anilines is 2. The maximum atomic E-state index is 12.2. The Morgan fingerprint density at radius 1 is 1.08 bits per heavy atom. The molecule has 2 aromatic rings. The zero-order valence-electron chi connectivity index (χ0n) is 14.2. The molecule has 2 N–H and O–H groups in total. The van der Waals surface area contributed by atoms with E-state index in [0.717, 1.165) is 5.56 Å². The largest absolute Gasteiger partial charge is 0.495 e. The minimum Gasteiger partial charge on any atom is -0.495 e. The summed E-state index contributed by atoms with van der Waals surface area (Å²) in [4.78, 5) is 23.8. The van der Waals surface area contributed by atoms with E-state index < -0.39 is 5.97 Å². The van der Waals surface area contributed by atoms with Gasteiger partial charge in [0.1, 0.15) is 5.75 Å². The molecule has 7 heteroatoms. The summed E-state index contributed by atoms with van der Waals surface area (Å²) in [6, 6.07) is 10.2. The van der Waals surface area contributed by atoms with Crippen LogP contribution in [0, 0.1) is 6.92 Å². The van der Waals surface area contributed by atoms with E-state index in [2.05, 4.69) is 15.4 Å². The van der Waals surface area contributed by atoms with Crippen molar-refractivity contribution in [2.45, 2.75) is 6.92 Å². The lowest BCUT2D eigenvalue weighted by molar-refractivity contribution is -0.114. The molecule has 0 fully saturated rings. The zero-order valence-corrected chi connectivity index (χ0v) is 14.9. The fourth-order valence-corrected chi connectivity index (χ4v) is 2.38. The summed E-state index contributed by atoms with van der Waals surface area (Å²) in [6.45, 7) is 1.90. The molecule has 0 aromatic heterocycles. The smallest absolute Gasteiger partial charge is 0.337 e. The molecule has 2 rings (SSSR count). The minimum atomic E-state index is -0.478. The Morgan fingerprint density at radius 3 is 2.52 bits per heavy atom. The molecule has 0 heterocycles. The fraction of sp³-hybridized carbons (Fsp3) is 0.222. The van der Waals surface area contributed by atoms with Crippen LogP contribution >= 0.6 is 11.6 Å². The van der Waals surface area contributed by atoms with Gasteiger partial charge >= 0.3 is 5.97 Å². The van der Waals surface area contributed by atoms with Crippen molar-refractivity contribution in [2.75, 3.05) is 31.4 Å². The van der Waals surface area contributed by atoms with Gasteiger partial charge in [-0.05, 0) is 42.8 Å². The predicted molar refractivity (Wildman–Crippen MR) is 97.6 cm³/mol. The van der Waals surface area contributed by atoms with Gasteiger partial charge in [-0.3, -0.25) is 4.79 Å². The Hall–Kier alpha value is -2.73. The molecular weight excluding hydrogens is 344 g/mol. The summed E-state index contributed by atoms with van der Waals surface area (Å²) >= 11 is 6.09. The fourth-order valence-electron chi connectivity index (χ4n) is 2.19. The standard InChI is InChI=1S/C18H19ClN2O4/c1-11-4-7-16(24-2)15(8-11)21-17(22)10-20-14-9-12(18(23)25-3)5-6-13(14)19/h4-9,20H,10H2,1-3H3,(H,21,22). The van der Waals surface area contributed by atoms with E-state index in [1.165, 1.54) is 20.3 Å². The Labute approximate surface area is 151 Å². The average Bonchev–Trinajstić information content (AvgIpc) is 2.60. The molecule has 0 aliphatic rings. The molecule has 2 aromatic carbocycles. The number of hydrogen-bond acceptors (Lipinski definition) is 5. The lowest BCUT2D eigenvalue weighted by atomic mass is 10.2. The third kappa shape index (κ3) is 4.87. The second-order valence-corrected chi connectivity index (χ2v) is 5.70. The first-order valence-corrected chi connectivity index (χ1v) is 7.88. The second-order valence-electron chi connectivity index (χ2n) is 5.29. The zero-order chi connectivity index (χ0) is 18.4. The Morgan fingerprint density at radius 2 is 1.84 bits per heavy atom. The summed E-state index contributed by atoms with van der Waals surface area (Å²) in [5, 5.41) is 6.09. The summed E-state index contributed by atoms with van der Waals surface area (Å²) in [5.41, 5.74) is 2.40. The van der Waals surface area contributed by atoms with Crippen molar-refractivity contribution >= 4 is 34.9 Å². The lowest BCUT2D eigenvalue weighted by Crippen LogP contribution is -2.22. The number of methoxy groups -OCH3 is 2. The average molecular weight is 363 g/mol. The molecule has 132 valence electrons. The Balaban J connectivity index is 2.05. The molecule has 0 saturated heterocycles. The summed E-state index contributed by atoms with van der Waals surface area (Å²) < 4.78 is 9.90. The van der Waals surface area contributed by atoms with Crippen LogP contribution in [0.15, 0.2) is 36.4 Å². The van der Waals surface area contributed by atoms with Gasteiger partial charge in [0.2, 0.25) is 5.91 Å². The van der Waals surface area contributed by atoms with Crippen LogP contribution in [0.25, 0.3) is 0 Å². The second kappa shape index (κ2) is 8.39. The van der Waals surface area contributed by atoms with Crippen LogP contribution in [-0.4, -0.2) is 32.6 Å². The molecule has 6 nitrogen and oxygen atoms in total. The van der Waals surface area contributed by atoms with E-state index >= 15 is 0 Å². The van der Waals surface area contributed by atoms with Crippen LogP contribution in [0.3, 0.4) is 0 Å². The molecule has 25 heavy (non-hydrogen) atoms.